The fourth-order valence-electron chi connectivity index (χ4n) is 2.29. The van der Waals surface area contributed by atoms with Gasteiger partial charge in [0.1, 0.15) is 11.6 Å². The molecule has 2 aromatic carbocycles. The third-order valence-corrected chi connectivity index (χ3v) is 3.65. The van der Waals surface area contributed by atoms with Crippen LogP contribution in [0.25, 0.3) is 0 Å². The largest absolute Gasteiger partial charge is 0.507 e. The number of nitrogens with zero attached hydrogens (tertiary/aromatic N) is 1. The standard InChI is InChI=1S/C15H12ClFN2O/c16-12-4-2-1-3-10(12)13-8-14(19-18-13)11-7-9(17)5-6-15(11)20/h1-7,13,18,20H,8H2. The second kappa shape index (κ2) is 5.13. The lowest BCUT2D eigenvalue weighted by Gasteiger charge is -2.11. The third kappa shape index (κ3) is 2.34. The molecule has 0 bridgehead atoms. The van der Waals surface area contributed by atoms with Crippen molar-refractivity contribution in [2.45, 2.75) is 12.5 Å². The van der Waals surface area contributed by atoms with E-state index >= 15 is 0 Å². The van der Waals surface area contributed by atoms with Gasteiger partial charge in [-0.3, -0.25) is 0 Å². The fraction of sp³-hybridized carbons (Fsp3) is 0.133. The van der Waals surface area contributed by atoms with Crippen LogP contribution in [-0.2, 0) is 0 Å². The van der Waals surface area contributed by atoms with Crippen molar-refractivity contribution in [2.75, 3.05) is 0 Å². The number of halogens is 2. The smallest absolute Gasteiger partial charge is 0.124 e. The zero-order chi connectivity index (χ0) is 14.1. The van der Waals surface area contributed by atoms with E-state index in [2.05, 4.69) is 10.5 Å². The molecule has 0 aromatic heterocycles. The van der Waals surface area contributed by atoms with Crippen LogP contribution < -0.4 is 5.43 Å². The molecule has 1 heterocycles. The first-order valence-electron chi connectivity index (χ1n) is 6.20. The van der Waals surface area contributed by atoms with Crippen molar-refractivity contribution in [1.29, 1.82) is 0 Å². The van der Waals surface area contributed by atoms with Crippen LogP contribution in [0.3, 0.4) is 0 Å². The second-order valence-electron chi connectivity index (χ2n) is 4.63. The van der Waals surface area contributed by atoms with Gasteiger partial charge >= 0.3 is 0 Å². The Morgan fingerprint density at radius 3 is 2.85 bits per heavy atom. The maximum absolute atomic E-state index is 13.3. The van der Waals surface area contributed by atoms with Crippen LogP contribution in [0, 0.1) is 5.82 Å². The van der Waals surface area contributed by atoms with Gasteiger partial charge in [0.15, 0.2) is 0 Å². The molecule has 1 atom stereocenters. The third-order valence-electron chi connectivity index (χ3n) is 3.30. The molecule has 0 saturated heterocycles. The van der Waals surface area contributed by atoms with Gasteiger partial charge in [0, 0.05) is 17.0 Å². The maximum atomic E-state index is 13.3. The lowest BCUT2D eigenvalue weighted by Crippen LogP contribution is -2.10. The highest BCUT2D eigenvalue weighted by Gasteiger charge is 2.24. The molecule has 2 N–H and O–H groups in total. The van der Waals surface area contributed by atoms with E-state index in [1.165, 1.54) is 18.2 Å². The predicted molar refractivity (Wildman–Crippen MR) is 76.5 cm³/mol. The van der Waals surface area contributed by atoms with Gasteiger partial charge in [0.25, 0.3) is 0 Å². The van der Waals surface area contributed by atoms with Crippen LogP contribution in [0.15, 0.2) is 47.6 Å². The normalized spacial score (nSPS) is 17.7. The van der Waals surface area contributed by atoms with Crippen LogP contribution in [0.2, 0.25) is 5.02 Å². The van der Waals surface area contributed by atoms with E-state index in [0.29, 0.717) is 22.7 Å². The van der Waals surface area contributed by atoms with Crippen LogP contribution >= 0.6 is 11.6 Å². The molecule has 2 aromatic rings. The number of aromatic hydroxyl groups is 1. The van der Waals surface area contributed by atoms with E-state index in [9.17, 15) is 9.50 Å². The predicted octanol–water partition coefficient (Wildman–Crippen LogP) is 3.62. The molecule has 3 nitrogen and oxygen atoms in total. The van der Waals surface area contributed by atoms with Gasteiger partial charge in [-0.1, -0.05) is 29.8 Å². The molecule has 0 saturated carbocycles. The summed E-state index contributed by atoms with van der Waals surface area (Å²) in [5, 5.41) is 14.7. The first-order chi connectivity index (χ1) is 9.65. The molecule has 1 unspecified atom stereocenters. The van der Waals surface area contributed by atoms with E-state index in [1.54, 1.807) is 0 Å². The van der Waals surface area contributed by atoms with Crippen molar-refractivity contribution >= 4 is 17.3 Å². The highest BCUT2D eigenvalue weighted by molar-refractivity contribution is 6.31. The number of hydrogen-bond donors (Lipinski definition) is 2. The summed E-state index contributed by atoms with van der Waals surface area (Å²) >= 11 is 6.15. The van der Waals surface area contributed by atoms with Gasteiger partial charge in [-0.25, -0.2) is 4.39 Å². The summed E-state index contributed by atoms with van der Waals surface area (Å²) in [6.07, 6.45) is 0.542. The Labute approximate surface area is 120 Å². The minimum Gasteiger partial charge on any atom is -0.507 e. The summed E-state index contributed by atoms with van der Waals surface area (Å²) in [6, 6.07) is 11.3. The lowest BCUT2D eigenvalue weighted by molar-refractivity contribution is 0.471. The molecule has 3 rings (SSSR count). The van der Waals surface area contributed by atoms with Gasteiger partial charge in [-0.15, -0.1) is 0 Å². The molecule has 1 aliphatic rings. The van der Waals surface area contributed by atoms with Crippen molar-refractivity contribution in [1.82, 2.24) is 5.43 Å². The quantitative estimate of drug-likeness (QED) is 0.887. The van der Waals surface area contributed by atoms with Crippen LogP contribution in [0.1, 0.15) is 23.6 Å². The number of benzene rings is 2. The molecule has 1 aliphatic heterocycles. The van der Waals surface area contributed by atoms with Gasteiger partial charge < -0.3 is 10.5 Å². The molecular formula is C15H12ClFN2O. The number of rotatable bonds is 2. The Hall–Kier alpha value is -2.07. The number of hydrogen-bond acceptors (Lipinski definition) is 3. The van der Waals surface area contributed by atoms with Crippen LogP contribution in [0.5, 0.6) is 5.75 Å². The second-order valence-corrected chi connectivity index (χ2v) is 5.03. The molecule has 0 aliphatic carbocycles. The van der Waals surface area contributed by atoms with Crippen molar-refractivity contribution in [2.24, 2.45) is 5.10 Å². The first-order valence-corrected chi connectivity index (χ1v) is 6.58. The van der Waals surface area contributed by atoms with Gasteiger partial charge in [-0.05, 0) is 29.8 Å². The highest BCUT2D eigenvalue weighted by Crippen LogP contribution is 2.31. The molecule has 102 valence electrons. The minimum atomic E-state index is -0.401. The monoisotopic (exact) mass is 290 g/mol. The van der Waals surface area contributed by atoms with Crippen molar-refractivity contribution in [3.05, 3.63) is 64.4 Å². The van der Waals surface area contributed by atoms with E-state index in [0.717, 1.165) is 5.56 Å². The average molecular weight is 291 g/mol. The minimum absolute atomic E-state index is 0.0201. The van der Waals surface area contributed by atoms with Crippen LogP contribution in [0.4, 0.5) is 4.39 Å². The summed E-state index contributed by atoms with van der Waals surface area (Å²) in [7, 11) is 0. The first kappa shape index (κ1) is 12.9. The maximum Gasteiger partial charge on any atom is 0.124 e. The molecule has 0 fully saturated rings. The Morgan fingerprint density at radius 2 is 2.05 bits per heavy atom. The zero-order valence-electron chi connectivity index (χ0n) is 10.5. The lowest BCUT2D eigenvalue weighted by atomic mass is 9.98. The topological polar surface area (TPSA) is 44.6 Å². The van der Waals surface area contributed by atoms with Crippen molar-refractivity contribution < 1.29 is 9.50 Å². The molecule has 20 heavy (non-hydrogen) atoms. The van der Waals surface area contributed by atoms with Crippen molar-refractivity contribution in [3.8, 4) is 5.75 Å². The van der Waals surface area contributed by atoms with E-state index in [-0.39, 0.29) is 11.8 Å². The molecule has 5 heteroatoms. The van der Waals surface area contributed by atoms with Crippen molar-refractivity contribution in [3.63, 3.8) is 0 Å². The number of phenols is 1. The van der Waals surface area contributed by atoms with Gasteiger partial charge in [-0.2, -0.15) is 5.10 Å². The van der Waals surface area contributed by atoms with Gasteiger partial charge in [0.05, 0.1) is 11.8 Å². The molecular weight excluding hydrogens is 279 g/mol. The number of phenolic OH excluding ortho intramolecular Hbond substituents is 1. The summed E-state index contributed by atoms with van der Waals surface area (Å²) in [6.45, 7) is 0. The van der Waals surface area contributed by atoms with Crippen LogP contribution in [-0.4, -0.2) is 10.8 Å². The van der Waals surface area contributed by atoms with E-state index in [1.807, 2.05) is 24.3 Å². The zero-order valence-corrected chi connectivity index (χ0v) is 11.2. The average Bonchev–Trinajstić information content (AvgIpc) is 2.91. The molecule has 0 radical (unpaired) electrons. The summed E-state index contributed by atoms with van der Waals surface area (Å²) < 4.78 is 13.3. The van der Waals surface area contributed by atoms with E-state index in [4.69, 9.17) is 11.6 Å². The highest BCUT2D eigenvalue weighted by atomic mass is 35.5. The van der Waals surface area contributed by atoms with E-state index < -0.39 is 5.82 Å². The van der Waals surface area contributed by atoms with Gasteiger partial charge in [0.2, 0.25) is 0 Å². The Bertz CT molecular complexity index is 687. The molecule has 0 amide bonds. The molecule has 0 spiro atoms. The Balaban J connectivity index is 1.86. The SMILES string of the molecule is Oc1ccc(F)cc1C1=NNC(c2ccccc2Cl)C1. The number of nitrogens with one attached hydrogen (secondary N) is 1. The summed E-state index contributed by atoms with van der Waals surface area (Å²) in [5.41, 5.74) is 4.94. The summed E-state index contributed by atoms with van der Waals surface area (Å²) in [5.74, 6) is -0.381. The fourth-order valence-corrected chi connectivity index (χ4v) is 2.55. The Morgan fingerprint density at radius 1 is 1.25 bits per heavy atom. The number of hydrazone groups is 1. The summed E-state index contributed by atoms with van der Waals surface area (Å²) in [4.78, 5) is 0. The Kier molecular flexibility index (Phi) is 3.32.